The molecule has 1 aliphatic heterocycles. The van der Waals surface area contributed by atoms with Gasteiger partial charge in [0.05, 0.1) is 17.4 Å². The molecule has 0 aliphatic carbocycles. The summed E-state index contributed by atoms with van der Waals surface area (Å²) in [6, 6.07) is 5.34. The largest absolute Gasteiger partial charge is 0.311 e. The van der Waals surface area contributed by atoms with Gasteiger partial charge in [0.1, 0.15) is 5.82 Å². The van der Waals surface area contributed by atoms with Crippen LogP contribution in [0, 0.1) is 5.92 Å². The molecule has 0 amide bonds. The van der Waals surface area contributed by atoms with Crippen LogP contribution in [0.4, 0.5) is 8.78 Å². The number of hydrogen-bond acceptors (Lipinski definition) is 3. The Balaban J connectivity index is 2.19. The standard InChI is InChI=1S/C19H24BrF2N3O/c1-3-5-13(15-8-9-23-11-19(15,21)22)17-24-16-7-6-12(20)10-14(16)18(26)25(17)4-2/h6-7,10,13,15,23H,3-5,8-9,11H2,1-2H3/t13-,15-/m1/s1. The van der Waals surface area contributed by atoms with E-state index in [1.807, 2.05) is 19.9 Å². The molecule has 1 saturated heterocycles. The lowest BCUT2D eigenvalue weighted by molar-refractivity contribution is -0.0853. The van der Waals surface area contributed by atoms with Gasteiger partial charge in [-0.1, -0.05) is 29.3 Å². The van der Waals surface area contributed by atoms with E-state index in [1.54, 1.807) is 16.7 Å². The lowest BCUT2D eigenvalue weighted by Gasteiger charge is -2.37. The van der Waals surface area contributed by atoms with Crippen LogP contribution in [0.1, 0.15) is 44.9 Å². The van der Waals surface area contributed by atoms with Crippen LogP contribution < -0.4 is 10.9 Å². The first-order chi connectivity index (χ1) is 12.4. The van der Waals surface area contributed by atoms with E-state index in [2.05, 4.69) is 21.2 Å². The number of fused-ring (bicyclic) bond motifs is 1. The third kappa shape index (κ3) is 3.56. The van der Waals surface area contributed by atoms with Gasteiger partial charge >= 0.3 is 0 Å². The van der Waals surface area contributed by atoms with Gasteiger partial charge in [0.25, 0.3) is 11.5 Å². The van der Waals surface area contributed by atoms with E-state index in [-0.39, 0.29) is 12.1 Å². The zero-order valence-electron chi connectivity index (χ0n) is 15.1. The first-order valence-electron chi connectivity index (χ1n) is 9.17. The van der Waals surface area contributed by atoms with Crippen molar-refractivity contribution in [3.05, 3.63) is 38.9 Å². The predicted octanol–water partition coefficient (Wildman–Crippen LogP) is 4.31. The third-order valence-electron chi connectivity index (χ3n) is 5.21. The van der Waals surface area contributed by atoms with Crippen LogP contribution in [0.25, 0.3) is 10.9 Å². The number of nitrogens with one attached hydrogen (secondary N) is 1. The molecule has 2 heterocycles. The topological polar surface area (TPSA) is 46.9 Å². The maximum atomic E-state index is 14.6. The van der Waals surface area contributed by atoms with E-state index in [1.165, 1.54) is 0 Å². The van der Waals surface area contributed by atoms with Gasteiger partial charge in [-0.25, -0.2) is 13.8 Å². The summed E-state index contributed by atoms with van der Waals surface area (Å²) >= 11 is 3.38. The first kappa shape index (κ1) is 19.4. The summed E-state index contributed by atoms with van der Waals surface area (Å²) in [5, 5.41) is 3.30. The minimum absolute atomic E-state index is 0.160. The highest BCUT2D eigenvalue weighted by Crippen LogP contribution is 2.42. The van der Waals surface area contributed by atoms with Crippen molar-refractivity contribution in [1.29, 1.82) is 0 Å². The second-order valence-electron chi connectivity index (χ2n) is 6.91. The SMILES string of the molecule is CCC[C@@H](c1nc2ccc(Br)cc2c(=O)n1CC)[C@H]1CCNCC1(F)F. The number of alkyl halides is 2. The predicted molar refractivity (Wildman–Crippen MR) is 103 cm³/mol. The number of benzene rings is 1. The third-order valence-corrected chi connectivity index (χ3v) is 5.71. The second-order valence-corrected chi connectivity index (χ2v) is 7.82. The Kier molecular flexibility index (Phi) is 5.77. The Morgan fingerprint density at radius 3 is 2.85 bits per heavy atom. The Hall–Kier alpha value is -1.34. The van der Waals surface area contributed by atoms with Gasteiger partial charge in [-0.15, -0.1) is 0 Å². The molecular weight excluding hydrogens is 404 g/mol. The molecule has 4 nitrogen and oxygen atoms in total. The number of piperidine rings is 1. The fourth-order valence-electron chi connectivity index (χ4n) is 3.97. The number of nitrogens with zero attached hydrogens (tertiary/aromatic N) is 2. The highest BCUT2D eigenvalue weighted by molar-refractivity contribution is 9.10. The molecule has 0 saturated carbocycles. The monoisotopic (exact) mass is 427 g/mol. The van der Waals surface area contributed by atoms with Gasteiger partial charge in [0, 0.05) is 22.9 Å². The molecule has 1 aliphatic rings. The number of halogens is 3. The molecule has 1 fully saturated rings. The molecule has 3 rings (SSSR count). The maximum absolute atomic E-state index is 14.6. The molecule has 0 unspecified atom stereocenters. The van der Waals surface area contributed by atoms with Crippen LogP contribution in [-0.4, -0.2) is 28.6 Å². The highest BCUT2D eigenvalue weighted by Gasteiger charge is 2.47. The van der Waals surface area contributed by atoms with Crippen molar-refractivity contribution in [2.45, 2.75) is 51.5 Å². The van der Waals surface area contributed by atoms with Crippen LogP contribution in [-0.2, 0) is 6.54 Å². The van der Waals surface area contributed by atoms with Crippen LogP contribution in [0.5, 0.6) is 0 Å². The van der Waals surface area contributed by atoms with Crippen LogP contribution in [0.2, 0.25) is 0 Å². The average molecular weight is 428 g/mol. The molecule has 26 heavy (non-hydrogen) atoms. The Labute approximate surface area is 160 Å². The van der Waals surface area contributed by atoms with Crippen molar-refractivity contribution in [1.82, 2.24) is 14.9 Å². The normalized spacial score (nSPS) is 21.0. The molecule has 2 aromatic rings. The van der Waals surface area contributed by atoms with Gasteiger partial charge in [-0.2, -0.15) is 0 Å². The van der Waals surface area contributed by atoms with Gasteiger partial charge in [0.15, 0.2) is 0 Å². The maximum Gasteiger partial charge on any atom is 0.263 e. The van der Waals surface area contributed by atoms with E-state index in [4.69, 9.17) is 4.98 Å². The summed E-state index contributed by atoms with van der Waals surface area (Å²) in [6.07, 6.45) is 1.74. The molecule has 0 radical (unpaired) electrons. The van der Waals surface area contributed by atoms with Crippen molar-refractivity contribution in [3.63, 3.8) is 0 Å². The molecule has 2 atom stereocenters. The quantitative estimate of drug-likeness (QED) is 0.773. The number of aromatic nitrogens is 2. The van der Waals surface area contributed by atoms with Crippen LogP contribution in [0.15, 0.2) is 27.5 Å². The minimum atomic E-state index is -2.80. The average Bonchev–Trinajstić information content (AvgIpc) is 2.60. The minimum Gasteiger partial charge on any atom is -0.311 e. The summed E-state index contributed by atoms with van der Waals surface area (Å²) in [5.41, 5.74) is 0.406. The summed E-state index contributed by atoms with van der Waals surface area (Å²) in [5.74, 6) is -3.54. The molecule has 1 aromatic heterocycles. The van der Waals surface area contributed by atoms with E-state index in [0.29, 0.717) is 42.7 Å². The molecule has 1 aromatic carbocycles. The van der Waals surface area contributed by atoms with Crippen molar-refractivity contribution >= 4 is 26.8 Å². The fourth-order valence-corrected chi connectivity index (χ4v) is 4.33. The Bertz CT molecular complexity index is 853. The molecule has 142 valence electrons. The summed E-state index contributed by atoms with van der Waals surface area (Å²) in [7, 11) is 0. The molecular formula is C19H24BrF2N3O. The van der Waals surface area contributed by atoms with Crippen molar-refractivity contribution < 1.29 is 8.78 Å². The number of rotatable bonds is 5. The first-order valence-corrected chi connectivity index (χ1v) is 9.96. The summed E-state index contributed by atoms with van der Waals surface area (Å²) < 4.78 is 31.7. The molecule has 0 bridgehead atoms. The van der Waals surface area contributed by atoms with Gasteiger partial charge in [0.2, 0.25) is 0 Å². The number of hydrogen-bond donors (Lipinski definition) is 1. The Morgan fingerprint density at radius 1 is 1.42 bits per heavy atom. The van der Waals surface area contributed by atoms with Crippen LogP contribution >= 0.6 is 15.9 Å². The van der Waals surface area contributed by atoms with E-state index >= 15 is 0 Å². The lowest BCUT2D eigenvalue weighted by atomic mass is 9.79. The molecule has 7 heteroatoms. The van der Waals surface area contributed by atoms with Crippen molar-refractivity contribution in [2.75, 3.05) is 13.1 Å². The zero-order valence-corrected chi connectivity index (χ0v) is 16.7. The van der Waals surface area contributed by atoms with Crippen LogP contribution in [0.3, 0.4) is 0 Å². The lowest BCUT2D eigenvalue weighted by Crippen LogP contribution is -2.49. The summed E-state index contributed by atoms with van der Waals surface area (Å²) in [6.45, 7) is 4.52. The van der Waals surface area contributed by atoms with Gasteiger partial charge in [-0.3, -0.25) is 9.36 Å². The smallest absolute Gasteiger partial charge is 0.263 e. The van der Waals surface area contributed by atoms with Gasteiger partial charge in [-0.05, 0) is 44.5 Å². The highest BCUT2D eigenvalue weighted by atomic mass is 79.9. The van der Waals surface area contributed by atoms with E-state index in [0.717, 1.165) is 10.9 Å². The van der Waals surface area contributed by atoms with E-state index < -0.39 is 17.8 Å². The molecule has 0 spiro atoms. The second kappa shape index (κ2) is 7.72. The zero-order chi connectivity index (χ0) is 18.9. The molecule has 1 N–H and O–H groups in total. The van der Waals surface area contributed by atoms with E-state index in [9.17, 15) is 13.6 Å². The fraction of sp³-hybridized carbons (Fsp3) is 0.579. The van der Waals surface area contributed by atoms with Crippen molar-refractivity contribution in [2.24, 2.45) is 5.92 Å². The summed E-state index contributed by atoms with van der Waals surface area (Å²) in [4.78, 5) is 17.7. The van der Waals surface area contributed by atoms with Crippen molar-refractivity contribution in [3.8, 4) is 0 Å². The Morgan fingerprint density at radius 2 is 2.19 bits per heavy atom. The van der Waals surface area contributed by atoms with Gasteiger partial charge < -0.3 is 5.32 Å².